The van der Waals surface area contributed by atoms with E-state index in [4.69, 9.17) is 14.0 Å². The third-order valence-corrected chi connectivity index (χ3v) is 4.02. The topological polar surface area (TPSA) is 27.7 Å². The van der Waals surface area contributed by atoms with Gasteiger partial charge in [-0.15, -0.1) is 0 Å². The molecule has 0 unspecified atom stereocenters. The van der Waals surface area contributed by atoms with E-state index in [1.54, 1.807) is 0 Å². The Balaban J connectivity index is 2.45. The molecule has 1 saturated heterocycles. The van der Waals surface area contributed by atoms with Gasteiger partial charge in [-0.25, -0.2) is 4.39 Å². The van der Waals surface area contributed by atoms with Gasteiger partial charge in [0.05, 0.1) is 18.3 Å². The van der Waals surface area contributed by atoms with Gasteiger partial charge in [-0.3, -0.25) is 0 Å². The Morgan fingerprint density at radius 1 is 1.11 bits per heavy atom. The van der Waals surface area contributed by atoms with Crippen molar-refractivity contribution in [1.82, 2.24) is 0 Å². The average Bonchev–Trinajstić information content (AvgIpc) is 2.46. The van der Waals surface area contributed by atoms with Crippen LogP contribution in [0.5, 0.6) is 5.75 Å². The van der Waals surface area contributed by atoms with Crippen molar-refractivity contribution >= 4 is 12.6 Å². The summed E-state index contributed by atoms with van der Waals surface area (Å²) in [6.45, 7) is 9.76. The van der Waals surface area contributed by atoms with E-state index in [1.165, 1.54) is 19.2 Å². The van der Waals surface area contributed by atoms with Crippen LogP contribution in [0.25, 0.3) is 0 Å². The number of ether oxygens (including phenoxy) is 1. The highest BCUT2D eigenvalue weighted by atomic mass is 19.1. The molecule has 19 heavy (non-hydrogen) atoms. The first kappa shape index (κ1) is 14.3. The highest BCUT2D eigenvalue weighted by Crippen LogP contribution is 2.37. The summed E-state index contributed by atoms with van der Waals surface area (Å²) >= 11 is 0. The first-order chi connectivity index (χ1) is 8.68. The fraction of sp³-hybridized carbons (Fsp3) is 0.571. The van der Waals surface area contributed by atoms with Crippen molar-refractivity contribution in [2.24, 2.45) is 0 Å². The maximum Gasteiger partial charge on any atom is 0.498 e. The molecule has 0 amide bonds. The molecular formula is C14H20BFO3. The second-order valence-electron chi connectivity index (χ2n) is 5.93. The third-order valence-electron chi connectivity index (χ3n) is 4.02. The van der Waals surface area contributed by atoms with Gasteiger partial charge < -0.3 is 14.0 Å². The molecule has 2 rings (SSSR count). The molecule has 1 aliphatic heterocycles. The fourth-order valence-electron chi connectivity index (χ4n) is 2.16. The monoisotopic (exact) mass is 266 g/mol. The molecule has 3 nitrogen and oxygen atoms in total. The van der Waals surface area contributed by atoms with Crippen molar-refractivity contribution in [3.63, 3.8) is 0 Å². The van der Waals surface area contributed by atoms with E-state index in [0.29, 0.717) is 5.75 Å². The zero-order chi connectivity index (χ0) is 14.4. The molecule has 0 aromatic heterocycles. The maximum absolute atomic E-state index is 13.4. The molecule has 0 saturated carbocycles. The second-order valence-corrected chi connectivity index (χ2v) is 5.93. The van der Waals surface area contributed by atoms with E-state index in [-0.39, 0.29) is 5.82 Å². The van der Waals surface area contributed by atoms with Crippen molar-refractivity contribution in [1.29, 1.82) is 0 Å². The molecule has 1 aliphatic rings. The van der Waals surface area contributed by atoms with Crippen LogP contribution < -0.4 is 10.2 Å². The zero-order valence-corrected chi connectivity index (χ0v) is 12.3. The Bertz CT molecular complexity index is 484. The van der Waals surface area contributed by atoms with Gasteiger partial charge in [-0.1, -0.05) is 0 Å². The summed E-state index contributed by atoms with van der Waals surface area (Å²) in [6.07, 6.45) is 0. The quantitative estimate of drug-likeness (QED) is 0.769. The van der Waals surface area contributed by atoms with Crippen molar-refractivity contribution in [2.75, 3.05) is 7.11 Å². The lowest BCUT2D eigenvalue weighted by Gasteiger charge is -2.32. The fourth-order valence-corrected chi connectivity index (χ4v) is 2.16. The summed E-state index contributed by atoms with van der Waals surface area (Å²) in [7, 11) is 0.976. The lowest BCUT2D eigenvalue weighted by Crippen LogP contribution is -2.41. The van der Waals surface area contributed by atoms with E-state index < -0.39 is 18.3 Å². The molecule has 1 fully saturated rings. The Labute approximate surface area is 114 Å². The zero-order valence-electron chi connectivity index (χ0n) is 12.3. The van der Waals surface area contributed by atoms with Gasteiger partial charge in [0.1, 0.15) is 11.6 Å². The molecule has 1 aromatic rings. The molecule has 5 heteroatoms. The van der Waals surface area contributed by atoms with Crippen LogP contribution in [0.2, 0.25) is 0 Å². The van der Waals surface area contributed by atoms with Crippen molar-refractivity contribution in [3.8, 4) is 5.75 Å². The minimum Gasteiger partial charge on any atom is -0.497 e. The first-order valence-corrected chi connectivity index (χ1v) is 6.37. The van der Waals surface area contributed by atoms with Crippen LogP contribution in [-0.4, -0.2) is 25.4 Å². The average molecular weight is 266 g/mol. The van der Waals surface area contributed by atoms with E-state index in [0.717, 1.165) is 11.0 Å². The van der Waals surface area contributed by atoms with Crippen LogP contribution in [0.4, 0.5) is 4.39 Å². The number of halogens is 1. The summed E-state index contributed by atoms with van der Waals surface area (Å²) in [4.78, 5) is 0. The molecule has 0 N–H and O–H groups in total. The predicted molar refractivity (Wildman–Crippen MR) is 73.4 cm³/mol. The highest BCUT2D eigenvalue weighted by Gasteiger charge is 2.52. The van der Waals surface area contributed by atoms with Gasteiger partial charge >= 0.3 is 7.12 Å². The minimum absolute atomic E-state index is 0.324. The third kappa shape index (κ3) is 2.37. The van der Waals surface area contributed by atoms with Crippen LogP contribution in [0.3, 0.4) is 0 Å². The Morgan fingerprint density at radius 2 is 1.63 bits per heavy atom. The molecule has 104 valence electrons. The molecule has 1 aromatic carbocycles. The van der Waals surface area contributed by atoms with E-state index >= 15 is 0 Å². The molecule has 0 atom stereocenters. The summed E-state index contributed by atoms with van der Waals surface area (Å²) in [6, 6.07) is 2.82. The van der Waals surface area contributed by atoms with Gasteiger partial charge in [-0.05, 0) is 46.2 Å². The number of hydrogen-bond acceptors (Lipinski definition) is 3. The number of hydrogen-bond donors (Lipinski definition) is 0. The second kappa shape index (κ2) is 4.49. The van der Waals surface area contributed by atoms with Crippen LogP contribution in [0.1, 0.15) is 33.3 Å². The summed E-state index contributed by atoms with van der Waals surface area (Å²) in [5.41, 5.74) is 0.658. The van der Waals surface area contributed by atoms with Crippen LogP contribution in [0, 0.1) is 12.7 Å². The van der Waals surface area contributed by atoms with Gasteiger partial charge in [0.2, 0.25) is 0 Å². The molecule has 1 heterocycles. The first-order valence-electron chi connectivity index (χ1n) is 6.37. The van der Waals surface area contributed by atoms with Gasteiger partial charge in [-0.2, -0.15) is 0 Å². The Morgan fingerprint density at radius 3 is 2.11 bits per heavy atom. The highest BCUT2D eigenvalue weighted by molar-refractivity contribution is 6.63. The van der Waals surface area contributed by atoms with E-state index in [2.05, 4.69) is 0 Å². The smallest absolute Gasteiger partial charge is 0.497 e. The normalized spacial score (nSPS) is 20.7. The molecule has 0 aliphatic carbocycles. The lowest BCUT2D eigenvalue weighted by atomic mass is 9.75. The standard InChI is InChI=1S/C14H20BFO3/c1-9-7-10(16)8-11(17-6)12(9)15-18-13(2,3)14(4,5)19-15/h7-8H,1-6H3. The van der Waals surface area contributed by atoms with Crippen LogP contribution >= 0.6 is 0 Å². The lowest BCUT2D eigenvalue weighted by molar-refractivity contribution is 0.00578. The maximum atomic E-state index is 13.4. The summed E-state index contributed by atoms with van der Waals surface area (Å²) in [5.74, 6) is 0.130. The number of benzene rings is 1. The van der Waals surface area contributed by atoms with E-state index in [9.17, 15) is 4.39 Å². The van der Waals surface area contributed by atoms with Gasteiger partial charge in [0.25, 0.3) is 0 Å². The van der Waals surface area contributed by atoms with Crippen molar-refractivity contribution in [3.05, 3.63) is 23.5 Å². The number of rotatable bonds is 2. The summed E-state index contributed by atoms with van der Waals surface area (Å²) < 4.78 is 30.7. The largest absolute Gasteiger partial charge is 0.498 e. The predicted octanol–water partition coefficient (Wildman–Crippen LogP) is 2.44. The minimum atomic E-state index is -0.541. The molecular weight excluding hydrogens is 246 g/mol. The SMILES string of the molecule is COc1cc(F)cc(C)c1B1OC(C)(C)C(C)(C)O1. The summed E-state index contributed by atoms with van der Waals surface area (Å²) in [5, 5.41) is 0. The van der Waals surface area contributed by atoms with Gasteiger partial charge in [0, 0.05) is 11.5 Å². The number of aryl methyl sites for hydroxylation is 1. The van der Waals surface area contributed by atoms with E-state index in [1.807, 2.05) is 34.6 Å². The molecule has 0 radical (unpaired) electrons. The Hall–Kier alpha value is -1.07. The van der Waals surface area contributed by atoms with Crippen LogP contribution in [0.15, 0.2) is 12.1 Å². The molecule has 0 bridgehead atoms. The van der Waals surface area contributed by atoms with Crippen molar-refractivity contribution in [2.45, 2.75) is 45.8 Å². The van der Waals surface area contributed by atoms with Gasteiger partial charge in [0.15, 0.2) is 0 Å². The van der Waals surface area contributed by atoms with Crippen LogP contribution in [-0.2, 0) is 9.31 Å². The van der Waals surface area contributed by atoms with Crippen molar-refractivity contribution < 1.29 is 18.4 Å². The number of methoxy groups -OCH3 is 1. The Kier molecular flexibility index (Phi) is 3.39. The molecule has 0 spiro atoms.